The molecule has 0 amide bonds. The second-order valence-electron chi connectivity index (χ2n) is 6.15. The third-order valence-corrected chi connectivity index (χ3v) is 4.69. The van der Waals surface area contributed by atoms with Gasteiger partial charge in [0.2, 0.25) is 0 Å². The van der Waals surface area contributed by atoms with Crippen LogP contribution in [0.4, 0.5) is 10.1 Å². The van der Waals surface area contributed by atoms with Crippen LogP contribution in [0, 0.1) is 5.82 Å². The van der Waals surface area contributed by atoms with E-state index < -0.39 is 17.5 Å². The molecule has 0 aliphatic rings. The second-order valence-corrected chi connectivity index (χ2v) is 7.06. The van der Waals surface area contributed by atoms with Crippen LogP contribution in [0.15, 0.2) is 82.0 Å². The van der Waals surface area contributed by atoms with Crippen LogP contribution >= 0.6 is 15.9 Å². The number of halogens is 2. The Bertz CT molecular complexity index is 1100. The maximum Gasteiger partial charge on any atom is 0.343 e. The van der Waals surface area contributed by atoms with E-state index in [1.165, 1.54) is 18.3 Å². The summed E-state index contributed by atoms with van der Waals surface area (Å²) in [4.78, 5) is 20.5. The number of carbonyl (C=O) groups is 1. The number of esters is 1. The van der Waals surface area contributed by atoms with Gasteiger partial charge in [-0.1, -0.05) is 22.0 Å². The molecule has 0 unspecified atom stereocenters. The summed E-state index contributed by atoms with van der Waals surface area (Å²) >= 11 is 3.33. The van der Waals surface area contributed by atoms with Crippen LogP contribution in [-0.4, -0.2) is 28.9 Å². The normalized spacial score (nSPS) is 12.0. The van der Waals surface area contributed by atoms with Gasteiger partial charge in [-0.3, -0.25) is 9.98 Å². The zero-order valence-electron chi connectivity index (χ0n) is 16.0. The van der Waals surface area contributed by atoms with E-state index in [2.05, 4.69) is 25.9 Å². The van der Waals surface area contributed by atoms with E-state index in [0.29, 0.717) is 11.3 Å². The van der Waals surface area contributed by atoms with Crippen molar-refractivity contribution in [2.24, 2.45) is 4.99 Å². The first kappa shape index (κ1) is 21.4. The SMILES string of the molecule is CCOC(=O)/C(C=Nc1ccc(Br)cc1)=C(/O)c1ccc(-c2ccncc2)cc1F. The van der Waals surface area contributed by atoms with Crippen LogP contribution in [0.25, 0.3) is 16.9 Å². The summed E-state index contributed by atoms with van der Waals surface area (Å²) in [5.41, 5.74) is 1.59. The highest BCUT2D eigenvalue weighted by Crippen LogP contribution is 2.26. The average molecular weight is 469 g/mol. The molecule has 1 heterocycles. The third-order valence-electron chi connectivity index (χ3n) is 4.16. The Labute approximate surface area is 181 Å². The number of aromatic nitrogens is 1. The Kier molecular flexibility index (Phi) is 7.08. The van der Waals surface area contributed by atoms with E-state index in [9.17, 15) is 14.3 Å². The number of nitrogens with zero attached hydrogens (tertiary/aromatic N) is 2. The number of hydrogen-bond acceptors (Lipinski definition) is 5. The third kappa shape index (κ3) is 5.18. The Balaban J connectivity index is 2.00. The van der Waals surface area contributed by atoms with Crippen molar-refractivity contribution < 1.29 is 19.0 Å². The van der Waals surface area contributed by atoms with Crippen LogP contribution in [0.1, 0.15) is 12.5 Å². The van der Waals surface area contributed by atoms with Crippen molar-refractivity contribution in [2.75, 3.05) is 6.61 Å². The summed E-state index contributed by atoms with van der Waals surface area (Å²) in [6, 6.07) is 14.9. The standard InChI is InChI=1S/C23H18BrFN2O3/c1-2-30-23(29)20(14-27-18-6-4-17(24)5-7-18)22(28)19-8-3-16(13-21(19)25)15-9-11-26-12-10-15/h3-14,28H,2H2,1H3/b22-20+,27-14?. The summed E-state index contributed by atoms with van der Waals surface area (Å²) < 4.78 is 20.7. The van der Waals surface area contributed by atoms with Crippen molar-refractivity contribution in [3.05, 3.63) is 88.4 Å². The predicted molar refractivity (Wildman–Crippen MR) is 118 cm³/mol. The van der Waals surface area contributed by atoms with Crippen molar-refractivity contribution in [3.8, 4) is 11.1 Å². The van der Waals surface area contributed by atoms with Crippen LogP contribution in [0.3, 0.4) is 0 Å². The van der Waals surface area contributed by atoms with Gasteiger partial charge in [-0.25, -0.2) is 9.18 Å². The molecule has 3 rings (SSSR count). The Morgan fingerprint density at radius 2 is 1.83 bits per heavy atom. The van der Waals surface area contributed by atoms with Crippen molar-refractivity contribution in [1.82, 2.24) is 4.98 Å². The number of aliphatic hydroxyl groups excluding tert-OH is 1. The predicted octanol–water partition coefficient (Wildman–Crippen LogP) is 5.88. The van der Waals surface area contributed by atoms with Crippen LogP contribution in [0.2, 0.25) is 0 Å². The lowest BCUT2D eigenvalue weighted by atomic mass is 10.0. The summed E-state index contributed by atoms with van der Waals surface area (Å²) in [5.74, 6) is -2.03. The molecule has 0 saturated carbocycles. The summed E-state index contributed by atoms with van der Waals surface area (Å²) in [6.45, 7) is 1.74. The molecule has 0 atom stereocenters. The van der Waals surface area contributed by atoms with Crippen molar-refractivity contribution in [1.29, 1.82) is 0 Å². The molecule has 5 nitrogen and oxygen atoms in total. The average Bonchev–Trinajstić information content (AvgIpc) is 2.76. The molecule has 0 aliphatic carbocycles. The van der Waals surface area contributed by atoms with E-state index in [0.717, 1.165) is 10.0 Å². The zero-order chi connectivity index (χ0) is 21.5. The van der Waals surface area contributed by atoms with Gasteiger partial charge in [0.15, 0.2) is 0 Å². The van der Waals surface area contributed by atoms with Crippen LogP contribution < -0.4 is 0 Å². The molecule has 7 heteroatoms. The largest absolute Gasteiger partial charge is 0.506 e. The topological polar surface area (TPSA) is 71.8 Å². The number of aliphatic imine (C=N–C) groups is 1. The van der Waals surface area contributed by atoms with Gasteiger partial charge >= 0.3 is 5.97 Å². The lowest BCUT2D eigenvalue weighted by Gasteiger charge is -2.09. The minimum Gasteiger partial charge on any atom is -0.506 e. The number of aliphatic hydroxyl groups is 1. The first-order valence-corrected chi connectivity index (χ1v) is 9.89. The van der Waals surface area contributed by atoms with Gasteiger partial charge < -0.3 is 9.84 Å². The number of hydrogen-bond donors (Lipinski definition) is 1. The number of rotatable bonds is 6. The highest BCUT2D eigenvalue weighted by atomic mass is 79.9. The van der Waals surface area contributed by atoms with Gasteiger partial charge in [0.25, 0.3) is 0 Å². The molecular weight excluding hydrogens is 451 g/mol. The molecule has 0 fully saturated rings. The number of benzene rings is 2. The van der Waals surface area contributed by atoms with Crippen molar-refractivity contribution >= 4 is 39.6 Å². The summed E-state index contributed by atoms with van der Waals surface area (Å²) in [5, 5.41) is 10.7. The lowest BCUT2D eigenvalue weighted by Crippen LogP contribution is -2.11. The molecule has 0 bridgehead atoms. The molecule has 1 N–H and O–H groups in total. The molecule has 1 aromatic heterocycles. The van der Waals surface area contributed by atoms with Gasteiger partial charge in [-0.15, -0.1) is 0 Å². The molecule has 0 saturated heterocycles. The van der Waals surface area contributed by atoms with Gasteiger partial charge in [-0.05, 0) is 66.6 Å². The lowest BCUT2D eigenvalue weighted by molar-refractivity contribution is -0.137. The quantitative estimate of drug-likeness (QED) is 0.212. The summed E-state index contributed by atoms with van der Waals surface area (Å²) in [6.07, 6.45) is 4.39. The molecule has 3 aromatic rings. The molecule has 2 aromatic carbocycles. The number of carbonyl (C=O) groups excluding carboxylic acids is 1. The molecule has 0 spiro atoms. The van der Waals surface area contributed by atoms with E-state index in [1.54, 1.807) is 61.8 Å². The Hall–Kier alpha value is -3.32. The Morgan fingerprint density at radius 1 is 1.13 bits per heavy atom. The van der Waals surface area contributed by atoms with Crippen molar-refractivity contribution in [3.63, 3.8) is 0 Å². The first-order valence-electron chi connectivity index (χ1n) is 9.10. The highest BCUT2D eigenvalue weighted by molar-refractivity contribution is 9.10. The minimum absolute atomic E-state index is 0.102. The minimum atomic E-state index is -0.798. The van der Waals surface area contributed by atoms with Crippen molar-refractivity contribution in [2.45, 2.75) is 6.92 Å². The monoisotopic (exact) mass is 468 g/mol. The van der Waals surface area contributed by atoms with Gasteiger partial charge in [0.05, 0.1) is 17.9 Å². The maximum absolute atomic E-state index is 14.8. The molecule has 0 radical (unpaired) electrons. The van der Waals surface area contributed by atoms with E-state index in [-0.39, 0.29) is 17.7 Å². The summed E-state index contributed by atoms with van der Waals surface area (Å²) in [7, 11) is 0. The number of ether oxygens (including phenoxy) is 1. The van der Waals surface area contributed by atoms with Crippen LogP contribution in [0.5, 0.6) is 0 Å². The van der Waals surface area contributed by atoms with E-state index >= 15 is 0 Å². The van der Waals surface area contributed by atoms with Gasteiger partial charge in [0.1, 0.15) is 17.1 Å². The Morgan fingerprint density at radius 3 is 2.47 bits per heavy atom. The first-order chi connectivity index (χ1) is 14.5. The zero-order valence-corrected chi connectivity index (χ0v) is 17.6. The molecular formula is C23H18BrFN2O3. The molecule has 152 valence electrons. The highest BCUT2D eigenvalue weighted by Gasteiger charge is 2.19. The van der Waals surface area contributed by atoms with E-state index in [4.69, 9.17) is 4.74 Å². The van der Waals surface area contributed by atoms with Crippen LogP contribution in [-0.2, 0) is 9.53 Å². The second kappa shape index (κ2) is 9.93. The maximum atomic E-state index is 14.8. The van der Waals surface area contributed by atoms with Gasteiger partial charge in [-0.2, -0.15) is 0 Å². The smallest absolute Gasteiger partial charge is 0.343 e. The fourth-order valence-electron chi connectivity index (χ4n) is 2.66. The fourth-order valence-corrected chi connectivity index (χ4v) is 2.93. The molecule has 30 heavy (non-hydrogen) atoms. The molecule has 0 aliphatic heterocycles. The fraction of sp³-hybridized carbons (Fsp3) is 0.0870. The van der Waals surface area contributed by atoms with Gasteiger partial charge in [0, 0.05) is 23.1 Å². The van der Waals surface area contributed by atoms with E-state index in [1.807, 2.05) is 0 Å². The number of pyridine rings is 1.